The van der Waals surface area contributed by atoms with Crippen LogP contribution < -0.4 is 4.72 Å². The molecule has 0 spiro atoms. The number of carboxylic acid groups (broad SMARTS) is 1. The van der Waals surface area contributed by atoms with Crippen molar-refractivity contribution in [2.45, 2.75) is 23.8 Å². The third kappa shape index (κ3) is 2.96. The Morgan fingerprint density at radius 2 is 2.14 bits per heavy atom. The summed E-state index contributed by atoms with van der Waals surface area (Å²) in [5.41, 5.74) is 0. The van der Waals surface area contributed by atoms with Gasteiger partial charge in [0.2, 0.25) is 21.8 Å². The Balaban J connectivity index is 2.26. The predicted molar refractivity (Wildman–Crippen MR) is 72.4 cm³/mol. The van der Waals surface area contributed by atoms with E-state index in [1.165, 1.54) is 18.5 Å². The molecule has 1 aliphatic heterocycles. The molecule has 21 heavy (non-hydrogen) atoms. The van der Waals surface area contributed by atoms with Crippen LogP contribution in [0.4, 0.5) is 0 Å². The number of piperidine rings is 1. The zero-order valence-electron chi connectivity index (χ0n) is 10.9. The van der Waals surface area contributed by atoms with Crippen molar-refractivity contribution in [3.8, 4) is 0 Å². The molecule has 2 amide bonds. The van der Waals surface area contributed by atoms with Crippen molar-refractivity contribution in [2.75, 3.05) is 7.05 Å². The molecule has 2 heterocycles. The second-order valence-corrected chi connectivity index (χ2v) is 7.02. The molecule has 1 atom stereocenters. The number of carbonyl (C=O) groups is 3. The number of imide groups is 1. The van der Waals surface area contributed by atoms with E-state index in [1.54, 1.807) is 0 Å². The van der Waals surface area contributed by atoms with Crippen LogP contribution in [0.5, 0.6) is 0 Å². The van der Waals surface area contributed by atoms with E-state index in [1.807, 2.05) is 0 Å². The highest BCUT2D eigenvalue weighted by Gasteiger charge is 2.36. The topological polar surface area (TPSA) is 121 Å². The lowest BCUT2D eigenvalue weighted by Gasteiger charge is -2.27. The molecule has 10 heteroatoms. The Morgan fingerprint density at radius 3 is 2.76 bits per heavy atom. The summed E-state index contributed by atoms with van der Waals surface area (Å²) in [6.45, 7) is 0. The van der Waals surface area contributed by atoms with Gasteiger partial charge in [0.25, 0.3) is 0 Å². The predicted octanol–water partition coefficient (Wildman–Crippen LogP) is -0.128. The molecule has 0 aliphatic carbocycles. The summed E-state index contributed by atoms with van der Waals surface area (Å²) < 4.78 is 26.6. The average molecular weight is 332 g/mol. The van der Waals surface area contributed by atoms with E-state index in [-0.39, 0.29) is 28.5 Å². The second-order valence-electron chi connectivity index (χ2n) is 4.42. The Hall–Kier alpha value is -1.78. The number of rotatable bonds is 4. The fraction of sp³-hybridized carbons (Fsp3) is 0.364. The summed E-state index contributed by atoms with van der Waals surface area (Å²) in [6, 6.07) is 0.0952. The van der Waals surface area contributed by atoms with Gasteiger partial charge in [0.15, 0.2) is 0 Å². The molecule has 1 fully saturated rings. The smallest absolute Gasteiger partial charge is 0.347 e. The molecule has 2 rings (SSSR count). The molecule has 114 valence electrons. The number of carboxylic acids is 1. The van der Waals surface area contributed by atoms with Gasteiger partial charge in [0.1, 0.15) is 15.8 Å². The third-order valence-electron chi connectivity index (χ3n) is 3.06. The molecule has 8 nitrogen and oxygen atoms in total. The number of hydrogen-bond acceptors (Lipinski definition) is 6. The molecule has 2 N–H and O–H groups in total. The van der Waals surface area contributed by atoms with E-state index in [0.717, 1.165) is 16.2 Å². The highest BCUT2D eigenvalue weighted by atomic mass is 32.2. The fourth-order valence-electron chi connectivity index (χ4n) is 1.94. The first-order valence-corrected chi connectivity index (χ1v) is 8.24. The minimum Gasteiger partial charge on any atom is -0.477 e. The lowest BCUT2D eigenvalue weighted by molar-refractivity contribution is -0.147. The standard InChI is InChI=1S/C11H12N2O6S2/c1-13-8(14)3-2-6(10(13)15)12-21(18,19)7-4-5-20-9(7)11(16)17/h4-6,12H,2-3H2,1H3,(H,16,17). The lowest BCUT2D eigenvalue weighted by Crippen LogP contribution is -2.52. The molecule has 1 aromatic rings. The van der Waals surface area contributed by atoms with Crippen molar-refractivity contribution in [3.63, 3.8) is 0 Å². The molecule has 0 bridgehead atoms. The molecular weight excluding hydrogens is 320 g/mol. The van der Waals surface area contributed by atoms with E-state index < -0.39 is 27.9 Å². The highest BCUT2D eigenvalue weighted by molar-refractivity contribution is 7.89. The first-order chi connectivity index (χ1) is 9.74. The summed E-state index contributed by atoms with van der Waals surface area (Å²) in [7, 11) is -2.87. The minimum absolute atomic E-state index is 0.0465. The van der Waals surface area contributed by atoms with Gasteiger partial charge in [-0.25, -0.2) is 13.2 Å². The molecule has 0 saturated carbocycles. The van der Waals surface area contributed by atoms with Gasteiger partial charge in [-0.2, -0.15) is 4.72 Å². The maximum Gasteiger partial charge on any atom is 0.347 e. The Kier molecular flexibility index (Phi) is 4.12. The van der Waals surface area contributed by atoms with Crippen molar-refractivity contribution in [2.24, 2.45) is 0 Å². The van der Waals surface area contributed by atoms with Gasteiger partial charge in [0.05, 0.1) is 0 Å². The monoisotopic (exact) mass is 332 g/mol. The van der Waals surface area contributed by atoms with Crippen LogP contribution in [0.2, 0.25) is 0 Å². The number of aromatic carboxylic acids is 1. The summed E-state index contributed by atoms with van der Waals surface area (Å²) in [6.07, 6.45) is 0.0959. The molecular formula is C11H12N2O6S2. The Bertz CT molecular complexity index is 708. The number of nitrogens with zero attached hydrogens (tertiary/aromatic N) is 1. The van der Waals surface area contributed by atoms with Crippen LogP contribution in [0.15, 0.2) is 16.3 Å². The SMILES string of the molecule is CN1C(=O)CCC(NS(=O)(=O)c2ccsc2C(=O)O)C1=O. The number of hydrogen-bond donors (Lipinski definition) is 2. The van der Waals surface area contributed by atoms with Crippen LogP contribution in [0.3, 0.4) is 0 Å². The number of thiophene rings is 1. The summed E-state index contributed by atoms with van der Waals surface area (Å²) >= 11 is 0.780. The number of likely N-dealkylation sites (N-methyl/N-ethyl adjacent to an activating group) is 1. The molecule has 0 radical (unpaired) electrons. The van der Waals surface area contributed by atoms with Crippen molar-refractivity contribution < 1.29 is 27.9 Å². The summed E-state index contributed by atoms with van der Waals surface area (Å²) in [4.78, 5) is 34.3. The average Bonchev–Trinajstić information content (AvgIpc) is 2.90. The zero-order valence-corrected chi connectivity index (χ0v) is 12.5. The van der Waals surface area contributed by atoms with Crippen molar-refractivity contribution >= 4 is 39.1 Å². The lowest BCUT2D eigenvalue weighted by atomic mass is 10.1. The zero-order chi connectivity index (χ0) is 15.8. The number of nitrogens with one attached hydrogen (secondary N) is 1. The number of amides is 2. The summed E-state index contributed by atoms with van der Waals surface area (Å²) in [5.74, 6) is -2.38. The number of sulfonamides is 1. The van der Waals surface area contributed by atoms with Crippen LogP contribution in [0, 0.1) is 0 Å². The van der Waals surface area contributed by atoms with Crippen molar-refractivity contribution in [1.29, 1.82) is 0 Å². The first-order valence-electron chi connectivity index (χ1n) is 5.87. The number of carbonyl (C=O) groups excluding carboxylic acids is 2. The molecule has 0 aromatic carbocycles. The van der Waals surface area contributed by atoms with Gasteiger partial charge >= 0.3 is 5.97 Å². The molecule has 1 unspecified atom stereocenters. The maximum atomic E-state index is 12.2. The van der Waals surface area contributed by atoms with Crippen molar-refractivity contribution in [1.82, 2.24) is 9.62 Å². The molecule has 1 aliphatic rings. The van der Waals surface area contributed by atoms with E-state index in [4.69, 9.17) is 5.11 Å². The van der Waals surface area contributed by atoms with Crippen LogP contribution >= 0.6 is 11.3 Å². The van der Waals surface area contributed by atoms with Gasteiger partial charge in [-0.1, -0.05) is 0 Å². The quantitative estimate of drug-likeness (QED) is 0.741. The summed E-state index contributed by atoms with van der Waals surface area (Å²) in [5, 5.41) is 10.3. The van der Waals surface area contributed by atoms with Crippen molar-refractivity contribution in [3.05, 3.63) is 16.3 Å². The van der Waals surface area contributed by atoms with E-state index >= 15 is 0 Å². The van der Waals surface area contributed by atoms with Gasteiger partial charge < -0.3 is 5.11 Å². The normalized spacial score (nSPS) is 19.9. The largest absolute Gasteiger partial charge is 0.477 e. The van der Waals surface area contributed by atoms with E-state index in [9.17, 15) is 22.8 Å². The van der Waals surface area contributed by atoms with Gasteiger partial charge in [0, 0.05) is 13.5 Å². The van der Waals surface area contributed by atoms with E-state index in [2.05, 4.69) is 4.72 Å². The minimum atomic E-state index is -4.15. The van der Waals surface area contributed by atoms with Crippen LogP contribution in [-0.4, -0.2) is 49.3 Å². The van der Waals surface area contributed by atoms with Crippen LogP contribution in [0.1, 0.15) is 22.5 Å². The molecule has 1 aromatic heterocycles. The Morgan fingerprint density at radius 1 is 1.48 bits per heavy atom. The van der Waals surface area contributed by atoms with E-state index in [0.29, 0.717) is 0 Å². The van der Waals surface area contributed by atoms with Gasteiger partial charge in [-0.3, -0.25) is 14.5 Å². The number of likely N-dealkylation sites (tertiary alicyclic amines) is 1. The fourth-order valence-corrected chi connectivity index (χ4v) is 4.42. The van der Waals surface area contributed by atoms with Gasteiger partial charge in [-0.15, -0.1) is 11.3 Å². The van der Waals surface area contributed by atoms with Gasteiger partial charge in [-0.05, 0) is 17.9 Å². The Labute approximate surface area is 124 Å². The first kappa shape index (κ1) is 15.6. The van der Waals surface area contributed by atoms with Crippen LogP contribution in [0.25, 0.3) is 0 Å². The highest BCUT2D eigenvalue weighted by Crippen LogP contribution is 2.23. The molecule has 1 saturated heterocycles. The third-order valence-corrected chi connectivity index (χ3v) is 5.61. The second kappa shape index (κ2) is 5.54. The maximum absolute atomic E-state index is 12.2. The van der Waals surface area contributed by atoms with Crippen LogP contribution in [-0.2, 0) is 19.6 Å².